The minimum atomic E-state index is -4.48. The lowest BCUT2D eigenvalue weighted by Crippen LogP contribution is -2.26. The van der Waals surface area contributed by atoms with Crippen molar-refractivity contribution in [1.82, 2.24) is 9.36 Å². The van der Waals surface area contributed by atoms with Crippen LogP contribution in [0.2, 0.25) is 0 Å². The lowest BCUT2D eigenvalue weighted by molar-refractivity contribution is -0.137. The zero-order valence-electron chi connectivity index (χ0n) is 13.2. The molecule has 0 aliphatic rings. The predicted octanol–water partition coefficient (Wildman–Crippen LogP) is 3.00. The molecular weight excluding hydrogens is 335 g/mol. The van der Waals surface area contributed by atoms with E-state index in [9.17, 15) is 22.8 Å². The molecule has 0 bridgehead atoms. The van der Waals surface area contributed by atoms with Crippen molar-refractivity contribution in [2.24, 2.45) is 7.05 Å². The normalized spacial score (nSPS) is 11.7. The van der Waals surface area contributed by atoms with Crippen LogP contribution in [0.5, 0.6) is 0 Å². The number of carbonyl (C=O) groups is 1. The summed E-state index contributed by atoms with van der Waals surface area (Å²) in [6.45, 7) is -0.199. The molecule has 3 aromatic rings. The number of rotatable bonds is 3. The average molecular weight is 349 g/mol. The van der Waals surface area contributed by atoms with Gasteiger partial charge in [-0.1, -0.05) is 18.2 Å². The number of hydrogen-bond donors (Lipinski definition) is 1. The minimum absolute atomic E-state index is 0.0429. The predicted molar refractivity (Wildman–Crippen MR) is 87.3 cm³/mol. The van der Waals surface area contributed by atoms with Gasteiger partial charge in [0.1, 0.15) is 6.54 Å². The molecular formula is C17H14F3N3O2. The van der Waals surface area contributed by atoms with Gasteiger partial charge < -0.3 is 5.32 Å². The van der Waals surface area contributed by atoms with E-state index in [1.54, 1.807) is 24.3 Å². The fourth-order valence-electron chi connectivity index (χ4n) is 2.63. The number of halogens is 3. The van der Waals surface area contributed by atoms with Crippen LogP contribution in [0, 0.1) is 0 Å². The monoisotopic (exact) mass is 349 g/mol. The number of benzene rings is 2. The van der Waals surface area contributed by atoms with Gasteiger partial charge in [-0.3, -0.25) is 19.0 Å². The molecule has 5 nitrogen and oxygen atoms in total. The van der Waals surface area contributed by atoms with Crippen molar-refractivity contribution in [3.05, 3.63) is 64.4 Å². The molecule has 1 amide bonds. The van der Waals surface area contributed by atoms with Gasteiger partial charge in [0.2, 0.25) is 5.91 Å². The van der Waals surface area contributed by atoms with E-state index >= 15 is 0 Å². The third-order valence-corrected chi connectivity index (χ3v) is 3.84. The summed E-state index contributed by atoms with van der Waals surface area (Å²) in [5.74, 6) is -0.532. The van der Waals surface area contributed by atoms with Crippen molar-refractivity contribution in [1.29, 1.82) is 0 Å². The summed E-state index contributed by atoms with van der Waals surface area (Å²) in [6, 6.07) is 11.2. The highest BCUT2D eigenvalue weighted by atomic mass is 19.4. The zero-order chi connectivity index (χ0) is 18.2. The summed E-state index contributed by atoms with van der Waals surface area (Å²) in [5, 5.41) is 2.90. The summed E-state index contributed by atoms with van der Waals surface area (Å²) in [5.41, 5.74) is -0.470. The molecule has 0 radical (unpaired) electrons. The van der Waals surface area contributed by atoms with Crippen molar-refractivity contribution in [2.75, 3.05) is 5.32 Å². The molecule has 8 heteroatoms. The van der Waals surface area contributed by atoms with Gasteiger partial charge in [0.15, 0.2) is 0 Å². The van der Waals surface area contributed by atoms with E-state index < -0.39 is 17.6 Å². The van der Waals surface area contributed by atoms with Crippen molar-refractivity contribution >= 4 is 22.5 Å². The number of nitrogens with zero attached hydrogens (tertiary/aromatic N) is 2. The van der Waals surface area contributed by atoms with Crippen LogP contribution in [0.1, 0.15) is 5.56 Å². The Bertz CT molecular complexity index is 1000. The summed E-state index contributed by atoms with van der Waals surface area (Å²) in [7, 11) is 1.53. The van der Waals surface area contributed by atoms with E-state index in [2.05, 4.69) is 5.32 Å². The van der Waals surface area contributed by atoms with Gasteiger partial charge in [-0.15, -0.1) is 0 Å². The first kappa shape index (κ1) is 16.8. The number of carbonyl (C=O) groups excluding carboxylic acids is 1. The van der Waals surface area contributed by atoms with Crippen LogP contribution in [0.4, 0.5) is 18.9 Å². The first-order valence-electron chi connectivity index (χ1n) is 7.39. The zero-order valence-corrected chi connectivity index (χ0v) is 13.2. The lowest BCUT2D eigenvalue weighted by atomic mass is 10.2. The largest absolute Gasteiger partial charge is 0.416 e. The maximum absolute atomic E-state index is 12.7. The molecule has 1 N–H and O–H groups in total. The highest BCUT2D eigenvalue weighted by Crippen LogP contribution is 2.30. The quantitative estimate of drug-likeness (QED) is 0.790. The summed E-state index contributed by atoms with van der Waals surface area (Å²) in [4.78, 5) is 24.3. The van der Waals surface area contributed by atoms with E-state index in [4.69, 9.17) is 0 Å². The van der Waals surface area contributed by atoms with Gasteiger partial charge in [0.05, 0.1) is 16.5 Å². The van der Waals surface area contributed by atoms with Crippen LogP contribution in [-0.4, -0.2) is 15.3 Å². The first-order valence-corrected chi connectivity index (χ1v) is 7.39. The minimum Gasteiger partial charge on any atom is -0.324 e. The average Bonchev–Trinajstić information content (AvgIpc) is 2.80. The maximum atomic E-state index is 12.7. The smallest absolute Gasteiger partial charge is 0.324 e. The number of hydrogen-bond acceptors (Lipinski definition) is 2. The van der Waals surface area contributed by atoms with E-state index in [0.717, 1.165) is 12.1 Å². The van der Waals surface area contributed by atoms with Gasteiger partial charge in [0, 0.05) is 12.7 Å². The number of para-hydroxylation sites is 1. The van der Waals surface area contributed by atoms with Crippen molar-refractivity contribution in [3.63, 3.8) is 0 Å². The Hall–Kier alpha value is -3.03. The van der Waals surface area contributed by atoms with Crippen molar-refractivity contribution in [2.45, 2.75) is 12.7 Å². The van der Waals surface area contributed by atoms with Crippen LogP contribution in [0.25, 0.3) is 10.9 Å². The van der Waals surface area contributed by atoms with Gasteiger partial charge in [-0.25, -0.2) is 0 Å². The molecule has 3 rings (SSSR count). The van der Waals surface area contributed by atoms with Crippen LogP contribution >= 0.6 is 0 Å². The van der Waals surface area contributed by atoms with Crippen LogP contribution < -0.4 is 10.9 Å². The summed E-state index contributed by atoms with van der Waals surface area (Å²) < 4.78 is 41.0. The topological polar surface area (TPSA) is 56.0 Å². The molecule has 130 valence electrons. The van der Waals surface area contributed by atoms with Crippen LogP contribution in [0.15, 0.2) is 53.3 Å². The number of alkyl halides is 3. The Labute approximate surface area is 140 Å². The Kier molecular flexibility index (Phi) is 4.12. The highest BCUT2D eigenvalue weighted by Gasteiger charge is 2.30. The van der Waals surface area contributed by atoms with Crippen molar-refractivity contribution < 1.29 is 18.0 Å². The Morgan fingerprint density at radius 3 is 2.56 bits per heavy atom. The third kappa shape index (κ3) is 3.28. The maximum Gasteiger partial charge on any atom is 0.416 e. The standard InChI is InChI=1S/C17H14F3N3O2/c1-22-16(25)13-7-2-3-8-14(13)23(22)10-15(24)21-12-6-4-5-11(9-12)17(18,19)20/h2-9H,10H2,1H3,(H,21,24). The Balaban J connectivity index is 1.85. The third-order valence-electron chi connectivity index (χ3n) is 3.84. The molecule has 1 heterocycles. The summed E-state index contributed by atoms with van der Waals surface area (Å²) >= 11 is 0. The van der Waals surface area contributed by atoms with E-state index in [1.807, 2.05) is 0 Å². The van der Waals surface area contributed by atoms with Gasteiger partial charge in [0.25, 0.3) is 5.56 Å². The van der Waals surface area contributed by atoms with Crippen LogP contribution in [0.3, 0.4) is 0 Å². The molecule has 2 aromatic carbocycles. The Morgan fingerprint density at radius 1 is 1.12 bits per heavy atom. The molecule has 0 aliphatic carbocycles. The van der Waals surface area contributed by atoms with E-state index in [0.29, 0.717) is 10.9 Å². The van der Waals surface area contributed by atoms with Gasteiger partial charge >= 0.3 is 6.18 Å². The highest BCUT2D eigenvalue weighted by molar-refractivity contribution is 5.91. The molecule has 0 spiro atoms. The Morgan fingerprint density at radius 2 is 1.84 bits per heavy atom. The fraction of sp³-hybridized carbons (Fsp3) is 0.176. The number of fused-ring (bicyclic) bond motifs is 1. The number of anilines is 1. The van der Waals surface area contributed by atoms with E-state index in [-0.39, 0.29) is 17.8 Å². The molecule has 1 aromatic heterocycles. The number of nitrogens with one attached hydrogen (secondary N) is 1. The van der Waals surface area contributed by atoms with Gasteiger partial charge in [-0.05, 0) is 30.3 Å². The molecule has 0 fully saturated rings. The second-order valence-corrected chi connectivity index (χ2v) is 5.53. The second kappa shape index (κ2) is 6.12. The first-order chi connectivity index (χ1) is 11.8. The number of amides is 1. The van der Waals surface area contributed by atoms with Crippen LogP contribution in [-0.2, 0) is 24.6 Å². The molecule has 0 atom stereocenters. The lowest BCUT2D eigenvalue weighted by Gasteiger charge is -2.12. The molecule has 0 saturated heterocycles. The van der Waals surface area contributed by atoms with Gasteiger partial charge in [-0.2, -0.15) is 13.2 Å². The van der Waals surface area contributed by atoms with Crippen molar-refractivity contribution in [3.8, 4) is 0 Å². The molecule has 0 unspecified atom stereocenters. The second-order valence-electron chi connectivity index (χ2n) is 5.53. The SMILES string of the molecule is Cn1c(=O)c2ccccc2n1CC(=O)Nc1cccc(C(F)(F)F)c1. The van der Waals surface area contributed by atoms with E-state index in [1.165, 1.54) is 28.5 Å². The number of aromatic nitrogens is 2. The molecule has 0 aliphatic heterocycles. The molecule has 25 heavy (non-hydrogen) atoms. The fourth-order valence-corrected chi connectivity index (χ4v) is 2.63. The molecule has 0 saturated carbocycles. The summed E-state index contributed by atoms with van der Waals surface area (Å²) in [6.07, 6.45) is -4.48.